The van der Waals surface area contributed by atoms with Crippen molar-refractivity contribution < 1.29 is 118 Å². The predicted molar refractivity (Wildman–Crippen MR) is 290 cm³/mol. The van der Waals surface area contributed by atoms with Gasteiger partial charge >= 0.3 is 11.9 Å². The number of aromatic nitrogens is 2. The second kappa shape index (κ2) is 22.5. The first-order valence-corrected chi connectivity index (χ1v) is 31.0. The molecule has 0 bridgehead atoms. The number of carboxylic acid groups (broad SMARTS) is 2. The van der Waals surface area contributed by atoms with Crippen LogP contribution in [0.2, 0.25) is 0 Å². The molecule has 1 heterocycles. The standard InChI is InChI=1S/C43H28N12O27S6/c44-33-27(15-28(84(68,69)70)24-14-31(87(77,78)79)35(39(57)32(24)33)51-47-25-7-3-20(55(63)64)12-29(25)85(71,72)73)49-48-26-8-6-22-23(40(26)88(80,81)82)13-30(86(74,75)76)34(38(22)56)50-45-17-9-16(42(59)60)10-18(11-17)46-52-36-37(43(61)62)53-54(41(36)58)19-1-4-21(5-2-19)83(65,66)67/h1-15,56-58H,44H2,(H,59,60)(H,61,62)(H,65,66,67)(H,68,69,70)(H,71,72,73)(H,74,75,76)(H,77,78,79)(H,80,81,82)/b49-48?,50-45?,51-47?,52-46+. The number of nitrogens with zero attached hydrogens (tertiary/aromatic N) is 11. The number of carboxylic acids is 2. The van der Waals surface area contributed by atoms with E-state index in [-0.39, 0.29) is 23.9 Å². The van der Waals surface area contributed by atoms with Crippen molar-refractivity contribution in [2.24, 2.45) is 40.9 Å². The van der Waals surface area contributed by atoms with Crippen molar-refractivity contribution in [3.05, 3.63) is 112 Å². The van der Waals surface area contributed by atoms with Crippen LogP contribution < -0.4 is 5.73 Å². The van der Waals surface area contributed by atoms with Crippen molar-refractivity contribution in [1.29, 1.82) is 0 Å². The number of phenolic OH excluding ortho intramolecular Hbond substituents is 2. The summed E-state index contributed by atoms with van der Waals surface area (Å²) >= 11 is 0. The topological polar surface area (TPSA) is 647 Å². The van der Waals surface area contributed by atoms with Crippen molar-refractivity contribution in [2.45, 2.75) is 29.4 Å². The third kappa shape index (κ3) is 12.8. The van der Waals surface area contributed by atoms with E-state index < -0.39 is 214 Å². The molecule has 1 aromatic heterocycles. The average Bonchev–Trinajstić information content (AvgIpc) is 0.958. The maximum absolute atomic E-state index is 13.1. The average molecular weight is 1340 g/mol. The van der Waals surface area contributed by atoms with Crippen LogP contribution in [-0.2, 0) is 60.7 Å². The number of anilines is 1. The number of phenols is 2. The summed E-state index contributed by atoms with van der Waals surface area (Å²) in [6.07, 6.45) is 0. The molecule has 8 rings (SSSR count). The summed E-state index contributed by atoms with van der Waals surface area (Å²) in [5.74, 6) is -7.48. The molecule has 0 radical (unpaired) electrons. The Morgan fingerprint density at radius 3 is 1.50 bits per heavy atom. The molecular weight excluding hydrogens is 1310 g/mol. The zero-order chi connectivity index (χ0) is 65.3. The molecule has 0 spiro atoms. The molecular formula is C43H28N12O27S6. The van der Waals surface area contributed by atoms with Crippen LogP contribution >= 0.6 is 0 Å². The summed E-state index contributed by atoms with van der Waals surface area (Å²) in [6.45, 7) is 0. The fourth-order valence-electron chi connectivity index (χ4n) is 7.87. The number of non-ortho nitro benzene ring substituents is 1. The first-order valence-electron chi connectivity index (χ1n) is 22.4. The smallest absolute Gasteiger partial charge is 0.358 e. The van der Waals surface area contributed by atoms with Crippen LogP contribution in [0.5, 0.6) is 17.4 Å². The number of nitrogen functional groups attached to an aromatic ring is 1. The summed E-state index contributed by atoms with van der Waals surface area (Å²) in [4.78, 5) is 26.6. The molecule has 458 valence electrons. The van der Waals surface area contributed by atoms with Crippen LogP contribution in [0.25, 0.3) is 27.2 Å². The molecule has 39 nitrogen and oxygen atoms in total. The van der Waals surface area contributed by atoms with Crippen LogP contribution in [0.1, 0.15) is 20.8 Å². The van der Waals surface area contributed by atoms with E-state index >= 15 is 0 Å². The summed E-state index contributed by atoms with van der Waals surface area (Å²) in [7, 11) is -33.0. The number of nitro groups is 1. The minimum absolute atomic E-state index is 0.171. The Labute approximate surface area is 487 Å². The highest BCUT2D eigenvalue weighted by atomic mass is 32.2. The molecule has 0 saturated carbocycles. The number of aromatic carboxylic acids is 2. The molecule has 0 unspecified atom stereocenters. The van der Waals surface area contributed by atoms with Gasteiger partial charge in [0.25, 0.3) is 66.4 Å². The molecule has 0 atom stereocenters. The molecule has 7 aromatic carbocycles. The van der Waals surface area contributed by atoms with Crippen molar-refractivity contribution in [3.63, 3.8) is 0 Å². The summed E-state index contributed by atoms with van der Waals surface area (Å²) in [5, 5.41) is 93.3. The monoisotopic (exact) mass is 1340 g/mol. The van der Waals surface area contributed by atoms with Gasteiger partial charge in [0.1, 0.15) is 52.9 Å². The van der Waals surface area contributed by atoms with Gasteiger partial charge in [0.15, 0.2) is 17.2 Å². The second-order valence-electron chi connectivity index (χ2n) is 17.2. The van der Waals surface area contributed by atoms with Gasteiger partial charge in [-0.3, -0.25) is 37.4 Å². The second-order valence-corrected chi connectivity index (χ2v) is 25.6. The van der Waals surface area contributed by atoms with Gasteiger partial charge in [-0.1, -0.05) is 0 Å². The van der Waals surface area contributed by atoms with Gasteiger partial charge in [0.05, 0.1) is 43.5 Å². The number of hydrogen-bond acceptors (Lipinski definition) is 29. The number of azo groups is 4. The lowest BCUT2D eigenvalue weighted by Gasteiger charge is -2.15. The van der Waals surface area contributed by atoms with Crippen LogP contribution in [0.15, 0.2) is 161 Å². The van der Waals surface area contributed by atoms with Gasteiger partial charge < -0.3 is 31.3 Å². The van der Waals surface area contributed by atoms with E-state index in [0.29, 0.717) is 28.9 Å². The Morgan fingerprint density at radius 1 is 0.489 bits per heavy atom. The van der Waals surface area contributed by atoms with Crippen molar-refractivity contribution >= 4 is 151 Å². The highest BCUT2D eigenvalue weighted by Gasteiger charge is 2.32. The van der Waals surface area contributed by atoms with E-state index in [0.717, 1.165) is 48.5 Å². The number of rotatable bonds is 18. The number of aromatic hydroxyl groups is 3. The molecule has 88 heavy (non-hydrogen) atoms. The zero-order valence-electron chi connectivity index (χ0n) is 42.1. The Balaban J connectivity index is 1.24. The van der Waals surface area contributed by atoms with E-state index in [9.17, 15) is 123 Å². The van der Waals surface area contributed by atoms with E-state index in [1.54, 1.807) is 0 Å². The molecule has 0 aliphatic carbocycles. The summed E-state index contributed by atoms with van der Waals surface area (Å²) in [6, 6.07) is 9.88. The van der Waals surface area contributed by atoms with Gasteiger partial charge in [-0.25, -0.2) is 9.59 Å². The quantitative estimate of drug-likeness (QED) is 0.0131. The fourth-order valence-corrected chi connectivity index (χ4v) is 11.8. The Kier molecular flexibility index (Phi) is 16.3. The lowest BCUT2D eigenvalue weighted by Crippen LogP contribution is -2.04. The number of nitro benzene ring substituents is 1. The largest absolute Gasteiger partial charge is 0.505 e. The van der Waals surface area contributed by atoms with E-state index in [4.69, 9.17) is 5.73 Å². The van der Waals surface area contributed by atoms with Crippen LogP contribution in [-0.4, -0.2) is 130 Å². The molecule has 0 saturated heterocycles. The molecule has 0 aliphatic heterocycles. The maximum Gasteiger partial charge on any atom is 0.358 e. The molecule has 45 heteroatoms. The summed E-state index contributed by atoms with van der Waals surface area (Å²) < 4.78 is 211. The predicted octanol–water partition coefficient (Wildman–Crippen LogP) is 7.32. The number of fused-ring (bicyclic) bond motifs is 2. The number of hydrogen-bond donors (Lipinski definition) is 12. The fraction of sp³-hybridized carbons (Fsp3) is 0. The van der Waals surface area contributed by atoms with Gasteiger partial charge in [-0.15, -0.1) is 30.7 Å². The van der Waals surface area contributed by atoms with Gasteiger partial charge in [-0.05, 0) is 78.9 Å². The van der Waals surface area contributed by atoms with Crippen molar-refractivity contribution in [1.82, 2.24) is 9.78 Å². The lowest BCUT2D eigenvalue weighted by molar-refractivity contribution is -0.385. The van der Waals surface area contributed by atoms with Crippen molar-refractivity contribution in [3.8, 4) is 23.1 Å². The third-order valence-electron chi connectivity index (χ3n) is 11.6. The van der Waals surface area contributed by atoms with E-state index in [1.165, 1.54) is 0 Å². The third-order valence-corrected chi connectivity index (χ3v) is 17.0. The SMILES string of the molecule is Nc1c(N=Nc2ccc3c(O)c(N=Nc4cc(/N=N/c5c(C(=O)O)nn(-c6ccc(S(=O)(=O)O)cc6)c5O)cc(C(=O)O)c4)c(S(=O)(=O)O)cc3c2S(=O)(=O)O)cc(S(=O)(=O)O)c2cc(S(=O)(=O)O)c(N=Nc3ccc([N+](=O)[O-])cc3S(=O)(=O)O)c(O)c12. The lowest BCUT2D eigenvalue weighted by atomic mass is 10.0. The Bertz CT molecular complexity index is 5290. The number of nitrogens with two attached hydrogens (primary N) is 1. The molecule has 0 amide bonds. The van der Waals surface area contributed by atoms with Gasteiger partial charge in [-0.2, -0.15) is 70.5 Å². The number of benzene rings is 7. The maximum atomic E-state index is 13.1. The van der Waals surface area contributed by atoms with Gasteiger partial charge in [0.2, 0.25) is 11.6 Å². The van der Waals surface area contributed by atoms with Crippen LogP contribution in [0.4, 0.5) is 56.9 Å². The first kappa shape index (κ1) is 63.7. The first-order chi connectivity index (χ1) is 40.6. The van der Waals surface area contributed by atoms with E-state index in [1.807, 2.05) is 0 Å². The Morgan fingerprint density at radius 2 is 0.989 bits per heavy atom. The minimum atomic E-state index is -5.79. The highest BCUT2D eigenvalue weighted by Crippen LogP contribution is 2.50. The van der Waals surface area contributed by atoms with Gasteiger partial charge in [0, 0.05) is 28.3 Å². The Hall–Kier alpha value is -10.3. The highest BCUT2D eigenvalue weighted by molar-refractivity contribution is 7.87. The minimum Gasteiger partial charge on any atom is -0.505 e. The zero-order valence-corrected chi connectivity index (χ0v) is 47.0. The van der Waals surface area contributed by atoms with Crippen molar-refractivity contribution in [2.75, 3.05) is 5.73 Å². The van der Waals surface area contributed by atoms with Crippen LogP contribution in [0, 0.1) is 10.1 Å². The molecule has 0 fully saturated rings. The molecule has 13 N–H and O–H groups in total. The molecule has 8 aromatic rings. The van der Waals surface area contributed by atoms with Crippen LogP contribution in [0.3, 0.4) is 0 Å². The molecule has 0 aliphatic rings. The van der Waals surface area contributed by atoms with E-state index in [2.05, 4.69) is 46.0 Å². The normalized spacial score (nSPS) is 13.0. The summed E-state index contributed by atoms with van der Waals surface area (Å²) in [5.41, 5.74) is -5.25. The number of carbonyl (C=O) groups is 2.